The summed E-state index contributed by atoms with van der Waals surface area (Å²) in [5, 5.41) is 3.65. The van der Waals surface area contributed by atoms with Crippen LogP contribution in [0.4, 0.5) is 0 Å². The summed E-state index contributed by atoms with van der Waals surface area (Å²) in [6, 6.07) is 3.79. The predicted octanol–water partition coefficient (Wildman–Crippen LogP) is 4.36. The zero-order valence-corrected chi connectivity index (χ0v) is 12.3. The van der Waals surface area contributed by atoms with Gasteiger partial charge < -0.3 is 9.47 Å². The Morgan fingerprint density at radius 2 is 2.05 bits per heavy atom. The maximum atomic E-state index is 6.22. The molecule has 0 amide bonds. The van der Waals surface area contributed by atoms with Crippen LogP contribution in [-0.2, 0) is 0 Å². The molecule has 0 aliphatic heterocycles. The Labute approximate surface area is 121 Å². The highest BCUT2D eigenvalue weighted by molar-refractivity contribution is 7.13. The Morgan fingerprint density at radius 3 is 2.68 bits per heavy atom. The fourth-order valence-corrected chi connectivity index (χ4v) is 3.20. The molecule has 0 radical (unpaired) electrons. The van der Waals surface area contributed by atoms with Gasteiger partial charge in [0.2, 0.25) is 0 Å². The van der Waals surface area contributed by atoms with E-state index < -0.39 is 0 Å². The average Bonchev–Trinajstić information content (AvgIpc) is 3.15. The van der Waals surface area contributed by atoms with Crippen LogP contribution in [-0.4, -0.2) is 19.2 Å². The summed E-state index contributed by atoms with van der Waals surface area (Å²) in [5.41, 5.74) is 2.17. The maximum absolute atomic E-state index is 6.22. The van der Waals surface area contributed by atoms with Crippen molar-refractivity contribution in [3.8, 4) is 22.1 Å². The number of hydrogen-bond acceptors (Lipinski definition) is 4. The van der Waals surface area contributed by atoms with Gasteiger partial charge in [-0.15, -0.1) is 11.3 Å². The number of rotatable bonds is 4. The molecule has 1 aliphatic carbocycles. The van der Waals surface area contributed by atoms with Crippen LogP contribution in [0.1, 0.15) is 24.5 Å². The van der Waals surface area contributed by atoms with Crippen molar-refractivity contribution in [1.29, 1.82) is 0 Å². The second kappa shape index (κ2) is 5.02. The van der Waals surface area contributed by atoms with E-state index in [0.717, 1.165) is 10.6 Å². The molecule has 19 heavy (non-hydrogen) atoms. The summed E-state index contributed by atoms with van der Waals surface area (Å²) < 4.78 is 10.6. The molecule has 0 bridgehead atoms. The third kappa shape index (κ3) is 2.42. The lowest BCUT2D eigenvalue weighted by molar-refractivity contribution is 0.355. The van der Waals surface area contributed by atoms with Gasteiger partial charge in [-0.3, -0.25) is 0 Å². The number of ether oxygens (including phenoxy) is 2. The molecule has 1 aliphatic rings. The van der Waals surface area contributed by atoms with Crippen LogP contribution in [0, 0.1) is 0 Å². The van der Waals surface area contributed by atoms with Gasteiger partial charge in [0.15, 0.2) is 11.5 Å². The normalized spacial score (nSPS) is 14.5. The first-order valence-electron chi connectivity index (χ1n) is 6.10. The van der Waals surface area contributed by atoms with Gasteiger partial charge in [-0.25, -0.2) is 4.98 Å². The predicted molar refractivity (Wildman–Crippen MR) is 77.6 cm³/mol. The minimum atomic E-state index is 0.542. The van der Waals surface area contributed by atoms with E-state index in [1.165, 1.54) is 18.5 Å². The van der Waals surface area contributed by atoms with E-state index >= 15 is 0 Å². The van der Waals surface area contributed by atoms with Gasteiger partial charge in [0.05, 0.1) is 24.9 Å². The van der Waals surface area contributed by atoms with E-state index in [-0.39, 0.29) is 0 Å². The van der Waals surface area contributed by atoms with Crippen molar-refractivity contribution >= 4 is 22.9 Å². The Morgan fingerprint density at radius 1 is 1.26 bits per heavy atom. The summed E-state index contributed by atoms with van der Waals surface area (Å²) in [4.78, 5) is 4.68. The van der Waals surface area contributed by atoms with Crippen molar-refractivity contribution in [3.63, 3.8) is 0 Å². The first-order valence-corrected chi connectivity index (χ1v) is 7.36. The molecule has 1 aromatic heterocycles. The van der Waals surface area contributed by atoms with Crippen molar-refractivity contribution in [2.24, 2.45) is 0 Å². The zero-order chi connectivity index (χ0) is 13.4. The molecular formula is C14H14ClNO2S. The standard InChI is InChI=1S/C14H14ClNO2S/c1-17-12-6-9(5-10(15)13(12)18-2)14-16-11(7-19-14)8-3-4-8/h5-8H,3-4H2,1-2H3. The molecule has 3 rings (SSSR count). The molecule has 5 heteroatoms. The van der Waals surface area contributed by atoms with Crippen LogP contribution < -0.4 is 9.47 Å². The largest absolute Gasteiger partial charge is 0.493 e. The lowest BCUT2D eigenvalue weighted by Crippen LogP contribution is -1.92. The van der Waals surface area contributed by atoms with Crippen LogP contribution >= 0.6 is 22.9 Å². The summed E-state index contributed by atoms with van der Waals surface area (Å²) in [7, 11) is 3.19. The molecule has 0 saturated heterocycles. The fourth-order valence-electron chi connectivity index (χ4n) is 2.03. The Bertz CT molecular complexity index is 607. The molecule has 1 fully saturated rings. The van der Waals surface area contributed by atoms with Crippen molar-refractivity contribution in [2.45, 2.75) is 18.8 Å². The van der Waals surface area contributed by atoms with Gasteiger partial charge >= 0.3 is 0 Å². The Hall–Kier alpha value is -1.26. The molecule has 0 unspecified atom stereocenters. The fraction of sp³-hybridized carbons (Fsp3) is 0.357. The average molecular weight is 296 g/mol. The third-order valence-electron chi connectivity index (χ3n) is 3.20. The van der Waals surface area contributed by atoms with Gasteiger partial charge in [0.1, 0.15) is 5.01 Å². The van der Waals surface area contributed by atoms with Gasteiger partial charge in [-0.1, -0.05) is 11.6 Å². The SMILES string of the molecule is COc1cc(-c2nc(C3CC3)cs2)cc(Cl)c1OC. The van der Waals surface area contributed by atoms with Crippen LogP contribution in [0.15, 0.2) is 17.5 Å². The topological polar surface area (TPSA) is 31.4 Å². The van der Waals surface area contributed by atoms with Crippen LogP contribution in [0.25, 0.3) is 10.6 Å². The number of halogens is 1. The molecule has 1 aromatic carbocycles. The molecule has 1 saturated carbocycles. The molecule has 1 heterocycles. The molecule has 0 spiro atoms. The Kier molecular flexibility index (Phi) is 3.37. The monoisotopic (exact) mass is 295 g/mol. The number of methoxy groups -OCH3 is 2. The summed E-state index contributed by atoms with van der Waals surface area (Å²) in [6.45, 7) is 0. The minimum Gasteiger partial charge on any atom is -0.493 e. The van der Waals surface area contributed by atoms with E-state index in [4.69, 9.17) is 21.1 Å². The lowest BCUT2D eigenvalue weighted by atomic mass is 10.2. The lowest BCUT2D eigenvalue weighted by Gasteiger charge is -2.10. The second-order valence-electron chi connectivity index (χ2n) is 4.55. The maximum Gasteiger partial charge on any atom is 0.179 e. The molecule has 0 N–H and O–H groups in total. The van der Waals surface area contributed by atoms with Gasteiger partial charge in [0, 0.05) is 16.9 Å². The van der Waals surface area contributed by atoms with Gasteiger partial charge in [-0.05, 0) is 25.0 Å². The first-order chi connectivity index (χ1) is 9.22. The number of nitrogens with zero attached hydrogens (tertiary/aromatic N) is 1. The van der Waals surface area contributed by atoms with E-state index in [2.05, 4.69) is 10.4 Å². The second-order valence-corrected chi connectivity index (χ2v) is 5.81. The van der Waals surface area contributed by atoms with E-state index in [1.54, 1.807) is 25.6 Å². The molecule has 0 atom stereocenters. The Balaban J connectivity index is 2.01. The number of thiazole rings is 1. The zero-order valence-electron chi connectivity index (χ0n) is 10.8. The van der Waals surface area contributed by atoms with Crippen molar-refractivity contribution in [1.82, 2.24) is 4.98 Å². The highest BCUT2D eigenvalue weighted by Crippen LogP contribution is 2.43. The van der Waals surface area contributed by atoms with Crippen molar-refractivity contribution in [3.05, 3.63) is 28.2 Å². The van der Waals surface area contributed by atoms with Gasteiger partial charge in [-0.2, -0.15) is 0 Å². The number of benzene rings is 1. The summed E-state index contributed by atoms with van der Waals surface area (Å²) >= 11 is 7.86. The summed E-state index contributed by atoms with van der Waals surface area (Å²) in [6.07, 6.45) is 2.52. The van der Waals surface area contributed by atoms with Crippen LogP contribution in [0.3, 0.4) is 0 Å². The summed E-state index contributed by atoms with van der Waals surface area (Å²) in [5.74, 6) is 1.86. The third-order valence-corrected chi connectivity index (χ3v) is 4.39. The van der Waals surface area contributed by atoms with Crippen LogP contribution in [0.5, 0.6) is 11.5 Å². The molecule has 2 aromatic rings. The molecule has 3 nitrogen and oxygen atoms in total. The van der Waals surface area contributed by atoms with E-state index in [0.29, 0.717) is 22.4 Å². The quantitative estimate of drug-likeness (QED) is 0.840. The van der Waals surface area contributed by atoms with Gasteiger partial charge in [0.25, 0.3) is 0 Å². The van der Waals surface area contributed by atoms with Crippen molar-refractivity contribution < 1.29 is 9.47 Å². The number of hydrogen-bond donors (Lipinski definition) is 0. The van der Waals surface area contributed by atoms with Crippen molar-refractivity contribution in [2.75, 3.05) is 14.2 Å². The molecular weight excluding hydrogens is 282 g/mol. The van der Waals surface area contributed by atoms with E-state index in [9.17, 15) is 0 Å². The molecule has 100 valence electrons. The van der Waals surface area contributed by atoms with Crippen LogP contribution in [0.2, 0.25) is 5.02 Å². The highest BCUT2D eigenvalue weighted by atomic mass is 35.5. The minimum absolute atomic E-state index is 0.542. The number of aromatic nitrogens is 1. The highest BCUT2D eigenvalue weighted by Gasteiger charge is 2.26. The van der Waals surface area contributed by atoms with E-state index in [1.807, 2.05) is 12.1 Å². The smallest absolute Gasteiger partial charge is 0.179 e. The first kappa shape index (κ1) is 12.8.